The second kappa shape index (κ2) is 3.63. The molecule has 0 unspecified atom stereocenters. The topological polar surface area (TPSA) is 80.3 Å². The number of hydrogen-bond acceptors (Lipinski definition) is 4. The minimum absolute atomic E-state index is 0.165. The van der Waals surface area contributed by atoms with Crippen molar-refractivity contribution >= 4 is 22.0 Å². The first-order valence-electron chi connectivity index (χ1n) is 5.73. The standard InChI is InChI=1S/C12H10FNO4S/c13-19(17,18)9-3-1-8(2-4-9)12-5-7(6-12)10(15)14-11(12)16/h1-4,7H,5-6H2,(H,14,15,16). The van der Waals surface area contributed by atoms with Crippen LogP contribution in [0.1, 0.15) is 18.4 Å². The lowest BCUT2D eigenvalue weighted by Gasteiger charge is -2.49. The Hall–Kier alpha value is -1.76. The lowest BCUT2D eigenvalue weighted by atomic mass is 9.55. The van der Waals surface area contributed by atoms with Crippen molar-refractivity contribution < 1.29 is 21.9 Å². The maximum Gasteiger partial charge on any atom is 0.332 e. The number of nitrogens with one attached hydrogen (secondary N) is 1. The lowest BCUT2D eigenvalue weighted by molar-refractivity contribution is -0.151. The van der Waals surface area contributed by atoms with E-state index in [0.717, 1.165) is 12.1 Å². The summed E-state index contributed by atoms with van der Waals surface area (Å²) in [6.07, 6.45) is 0.860. The molecule has 2 aliphatic heterocycles. The number of carbonyl (C=O) groups excluding carboxylic acids is 2. The Morgan fingerprint density at radius 3 is 2.21 bits per heavy atom. The molecular formula is C12H10FNO4S. The van der Waals surface area contributed by atoms with Gasteiger partial charge in [0.25, 0.3) is 0 Å². The van der Waals surface area contributed by atoms with Crippen molar-refractivity contribution in [2.45, 2.75) is 23.2 Å². The van der Waals surface area contributed by atoms with Crippen LogP contribution in [0, 0.1) is 5.92 Å². The van der Waals surface area contributed by atoms with E-state index in [9.17, 15) is 21.9 Å². The van der Waals surface area contributed by atoms with Crippen LogP contribution in [-0.2, 0) is 25.2 Å². The van der Waals surface area contributed by atoms with Gasteiger partial charge in [0.05, 0.1) is 10.3 Å². The minimum Gasteiger partial charge on any atom is -0.295 e. The number of amides is 2. The van der Waals surface area contributed by atoms with E-state index in [1.165, 1.54) is 12.1 Å². The predicted molar refractivity (Wildman–Crippen MR) is 62.3 cm³/mol. The molecule has 0 aromatic heterocycles. The number of carbonyl (C=O) groups is 2. The first-order chi connectivity index (χ1) is 8.83. The molecule has 4 rings (SSSR count). The first kappa shape index (κ1) is 12.3. The summed E-state index contributed by atoms with van der Waals surface area (Å²) in [4.78, 5) is 22.8. The molecule has 0 spiro atoms. The molecule has 1 saturated carbocycles. The molecule has 19 heavy (non-hydrogen) atoms. The summed E-state index contributed by atoms with van der Waals surface area (Å²) in [5.41, 5.74) is -0.155. The Kier molecular flexibility index (Phi) is 2.35. The van der Waals surface area contributed by atoms with E-state index < -0.39 is 20.5 Å². The Morgan fingerprint density at radius 1 is 1.16 bits per heavy atom. The van der Waals surface area contributed by atoms with Crippen LogP contribution in [-0.4, -0.2) is 20.2 Å². The molecule has 3 aliphatic rings. The first-order valence-corrected chi connectivity index (χ1v) is 7.12. The number of fused-ring (bicyclic) bond motifs is 2. The molecule has 1 aromatic carbocycles. The number of hydrogen-bond donors (Lipinski definition) is 1. The summed E-state index contributed by atoms with van der Waals surface area (Å²) in [6.45, 7) is 0. The fourth-order valence-corrected chi connectivity index (χ4v) is 3.25. The molecular weight excluding hydrogens is 273 g/mol. The van der Waals surface area contributed by atoms with Gasteiger partial charge in [-0.05, 0) is 30.5 Å². The molecule has 100 valence electrons. The monoisotopic (exact) mass is 283 g/mol. The smallest absolute Gasteiger partial charge is 0.295 e. The average Bonchev–Trinajstić information content (AvgIpc) is 2.26. The van der Waals surface area contributed by atoms with Crippen molar-refractivity contribution in [3.63, 3.8) is 0 Å². The molecule has 3 fully saturated rings. The van der Waals surface area contributed by atoms with Crippen LogP contribution in [0.5, 0.6) is 0 Å². The van der Waals surface area contributed by atoms with E-state index in [-0.39, 0.29) is 17.7 Å². The number of piperidine rings is 2. The summed E-state index contributed by atoms with van der Waals surface area (Å²) < 4.78 is 34.2. The largest absolute Gasteiger partial charge is 0.332 e. The molecule has 1 aromatic rings. The Morgan fingerprint density at radius 2 is 1.74 bits per heavy atom. The molecule has 5 nitrogen and oxygen atoms in total. The highest BCUT2D eigenvalue weighted by Crippen LogP contribution is 2.50. The summed E-state index contributed by atoms with van der Waals surface area (Å²) in [6, 6.07) is 5.13. The fraction of sp³-hybridized carbons (Fsp3) is 0.333. The van der Waals surface area contributed by atoms with Crippen LogP contribution >= 0.6 is 0 Å². The summed E-state index contributed by atoms with van der Waals surface area (Å²) in [5, 5.41) is 2.29. The minimum atomic E-state index is -4.73. The zero-order valence-electron chi connectivity index (χ0n) is 9.72. The third-order valence-corrected chi connectivity index (χ3v) is 4.76. The Bertz CT molecular complexity index is 674. The second-order valence-corrected chi connectivity index (χ2v) is 6.31. The van der Waals surface area contributed by atoms with Gasteiger partial charge in [0.15, 0.2) is 0 Å². The highest BCUT2D eigenvalue weighted by atomic mass is 32.3. The van der Waals surface area contributed by atoms with Crippen molar-refractivity contribution in [1.82, 2.24) is 5.32 Å². The molecule has 1 aliphatic carbocycles. The normalized spacial score (nSPS) is 29.6. The highest BCUT2D eigenvalue weighted by Gasteiger charge is 2.58. The number of benzene rings is 1. The van der Waals surface area contributed by atoms with Crippen LogP contribution in [0.15, 0.2) is 29.2 Å². The lowest BCUT2D eigenvalue weighted by Crippen LogP contribution is -2.64. The van der Waals surface area contributed by atoms with E-state index in [1.54, 1.807) is 0 Å². The molecule has 2 heterocycles. The van der Waals surface area contributed by atoms with Gasteiger partial charge in [-0.15, -0.1) is 3.89 Å². The maximum atomic E-state index is 12.8. The van der Waals surface area contributed by atoms with Crippen LogP contribution < -0.4 is 5.32 Å². The van der Waals surface area contributed by atoms with E-state index >= 15 is 0 Å². The molecule has 7 heteroatoms. The van der Waals surface area contributed by atoms with Gasteiger partial charge in [-0.2, -0.15) is 8.42 Å². The van der Waals surface area contributed by atoms with Crippen LogP contribution in [0.3, 0.4) is 0 Å². The summed E-state index contributed by atoms with van der Waals surface area (Å²) in [5.74, 6) is -0.784. The molecule has 1 N–H and O–H groups in total. The fourth-order valence-electron chi connectivity index (χ4n) is 2.79. The third-order valence-electron chi connectivity index (χ3n) is 3.92. The molecule has 0 radical (unpaired) electrons. The number of rotatable bonds is 2. The van der Waals surface area contributed by atoms with Crippen LogP contribution in [0.4, 0.5) is 3.89 Å². The molecule has 2 amide bonds. The highest BCUT2D eigenvalue weighted by molar-refractivity contribution is 7.86. The van der Waals surface area contributed by atoms with Gasteiger partial charge < -0.3 is 0 Å². The van der Waals surface area contributed by atoms with Crippen LogP contribution in [0.25, 0.3) is 0 Å². The Balaban J connectivity index is 1.96. The SMILES string of the molecule is O=C1NC(=O)C2(c3ccc(S(=O)(=O)F)cc3)CC1C2. The van der Waals surface area contributed by atoms with Crippen molar-refractivity contribution in [2.75, 3.05) is 0 Å². The van der Waals surface area contributed by atoms with Crippen LogP contribution in [0.2, 0.25) is 0 Å². The van der Waals surface area contributed by atoms with Gasteiger partial charge in [-0.1, -0.05) is 12.1 Å². The Labute approximate surface area is 109 Å². The second-order valence-electron chi connectivity index (χ2n) is 4.97. The van der Waals surface area contributed by atoms with Gasteiger partial charge >= 0.3 is 10.2 Å². The van der Waals surface area contributed by atoms with Gasteiger partial charge in [0.1, 0.15) is 0 Å². The third kappa shape index (κ3) is 1.68. The quantitative estimate of drug-likeness (QED) is 0.638. The summed E-state index contributed by atoms with van der Waals surface area (Å²) in [7, 11) is -4.73. The maximum absolute atomic E-state index is 12.8. The van der Waals surface area contributed by atoms with E-state index in [4.69, 9.17) is 0 Å². The predicted octanol–water partition coefficient (Wildman–Crippen LogP) is 0.649. The van der Waals surface area contributed by atoms with E-state index in [1.807, 2.05) is 0 Å². The number of imide groups is 1. The van der Waals surface area contributed by atoms with Gasteiger partial charge in [0, 0.05) is 5.92 Å². The van der Waals surface area contributed by atoms with E-state index in [0.29, 0.717) is 18.4 Å². The van der Waals surface area contributed by atoms with Gasteiger partial charge in [0.2, 0.25) is 11.8 Å². The van der Waals surface area contributed by atoms with Crippen molar-refractivity contribution in [1.29, 1.82) is 0 Å². The molecule has 2 saturated heterocycles. The van der Waals surface area contributed by atoms with Gasteiger partial charge in [-0.3, -0.25) is 14.9 Å². The zero-order chi connectivity index (χ0) is 13.8. The van der Waals surface area contributed by atoms with Crippen molar-refractivity contribution in [3.8, 4) is 0 Å². The zero-order valence-corrected chi connectivity index (χ0v) is 10.5. The van der Waals surface area contributed by atoms with Crippen molar-refractivity contribution in [2.24, 2.45) is 5.92 Å². The summed E-state index contributed by atoms with van der Waals surface area (Å²) >= 11 is 0. The van der Waals surface area contributed by atoms with E-state index in [2.05, 4.69) is 5.32 Å². The van der Waals surface area contributed by atoms with Crippen molar-refractivity contribution in [3.05, 3.63) is 29.8 Å². The number of halogens is 1. The molecule has 2 bridgehead atoms. The van der Waals surface area contributed by atoms with Gasteiger partial charge in [-0.25, -0.2) is 0 Å². The average molecular weight is 283 g/mol. The molecule has 0 atom stereocenters.